The van der Waals surface area contributed by atoms with Crippen molar-refractivity contribution in [3.8, 4) is 0 Å². The highest BCUT2D eigenvalue weighted by Crippen LogP contribution is 2.28. The molecular formula is C11H18N4O3S2. The van der Waals surface area contributed by atoms with Crippen LogP contribution in [0.5, 0.6) is 0 Å². The standard InChI is InChI=1S/C11H18N4O3S2/c1-20(17)7-2-13-10(16)8-9(12)14-11(19-8)15-3-5-18-6-4-15/h2-7,12H2,1H3,(H,13,16). The van der Waals surface area contributed by atoms with Gasteiger partial charge in [-0.15, -0.1) is 0 Å². The minimum absolute atomic E-state index is 0.242. The summed E-state index contributed by atoms with van der Waals surface area (Å²) in [5.41, 5.74) is 5.80. The number of ether oxygens (including phenoxy) is 1. The molecule has 0 aromatic carbocycles. The molecule has 2 heterocycles. The summed E-state index contributed by atoms with van der Waals surface area (Å²) in [6.07, 6.45) is 1.60. The summed E-state index contributed by atoms with van der Waals surface area (Å²) in [4.78, 5) is 18.7. The molecule has 0 bridgehead atoms. The van der Waals surface area contributed by atoms with Gasteiger partial charge in [0.1, 0.15) is 10.7 Å². The second-order valence-electron chi connectivity index (χ2n) is 4.34. The van der Waals surface area contributed by atoms with Crippen molar-refractivity contribution >= 4 is 39.0 Å². The molecule has 1 aromatic heterocycles. The van der Waals surface area contributed by atoms with Crippen molar-refractivity contribution in [1.29, 1.82) is 0 Å². The molecule has 0 saturated carbocycles. The average Bonchev–Trinajstić information content (AvgIpc) is 2.81. The molecule has 20 heavy (non-hydrogen) atoms. The molecule has 1 aliphatic rings. The van der Waals surface area contributed by atoms with Gasteiger partial charge in [-0.3, -0.25) is 9.00 Å². The molecule has 1 unspecified atom stereocenters. The molecule has 0 radical (unpaired) electrons. The second-order valence-corrected chi connectivity index (χ2v) is 6.88. The zero-order valence-electron chi connectivity index (χ0n) is 11.3. The van der Waals surface area contributed by atoms with Gasteiger partial charge in [-0.05, 0) is 0 Å². The van der Waals surface area contributed by atoms with Gasteiger partial charge in [0.15, 0.2) is 5.13 Å². The first-order chi connectivity index (χ1) is 9.58. The largest absolute Gasteiger partial charge is 0.382 e. The Morgan fingerprint density at radius 1 is 1.55 bits per heavy atom. The summed E-state index contributed by atoms with van der Waals surface area (Å²) in [6, 6.07) is 0. The van der Waals surface area contributed by atoms with E-state index in [4.69, 9.17) is 10.5 Å². The Hall–Kier alpha value is -1.19. The number of thiazole rings is 1. The third-order valence-electron chi connectivity index (χ3n) is 2.80. The highest BCUT2D eigenvalue weighted by molar-refractivity contribution is 7.84. The Balaban J connectivity index is 1.99. The topological polar surface area (TPSA) is 97.5 Å². The normalized spacial score (nSPS) is 16.9. The lowest BCUT2D eigenvalue weighted by Crippen LogP contribution is -2.36. The van der Waals surface area contributed by atoms with Gasteiger partial charge in [0.05, 0.1) is 13.2 Å². The van der Waals surface area contributed by atoms with Crippen molar-refractivity contribution in [3.05, 3.63) is 4.88 Å². The lowest BCUT2D eigenvalue weighted by atomic mass is 10.4. The van der Waals surface area contributed by atoms with E-state index < -0.39 is 10.8 Å². The van der Waals surface area contributed by atoms with Crippen LogP contribution in [-0.2, 0) is 15.5 Å². The summed E-state index contributed by atoms with van der Waals surface area (Å²) < 4.78 is 16.2. The van der Waals surface area contributed by atoms with Crippen molar-refractivity contribution in [2.45, 2.75) is 0 Å². The fraction of sp³-hybridized carbons (Fsp3) is 0.636. The Kier molecular flexibility index (Phi) is 5.32. The van der Waals surface area contributed by atoms with Crippen molar-refractivity contribution in [2.24, 2.45) is 0 Å². The van der Waals surface area contributed by atoms with Crippen LogP contribution in [0.4, 0.5) is 10.9 Å². The van der Waals surface area contributed by atoms with Crippen LogP contribution in [0.3, 0.4) is 0 Å². The predicted molar refractivity (Wildman–Crippen MR) is 80.8 cm³/mol. The molecular weight excluding hydrogens is 300 g/mol. The minimum Gasteiger partial charge on any atom is -0.382 e. The molecule has 0 spiro atoms. The van der Waals surface area contributed by atoms with E-state index in [9.17, 15) is 9.00 Å². The van der Waals surface area contributed by atoms with Gasteiger partial charge in [0.25, 0.3) is 5.91 Å². The number of anilines is 2. The van der Waals surface area contributed by atoms with E-state index in [1.54, 1.807) is 6.26 Å². The summed E-state index contributed by atoms with van der Waals surface area (Å²) in [5, 5.41) is 3.45. The fourth-order valence-corrected chi connectivity index (χ4v) is 3.10. The van der Waals surface area contributed by atoms with Crippen LogP contribution in [0.25, 0.3) is 0 Å². The maximum absolute atomic E-state index is 12.0. The number of morpholine rings is 1. The first-order valence-electron chi connectivity index (χ1n) is 6.25. The number of amides is 1. The van der Waals surface area contributed by atoms with Gasteiger partial charge in [0.2, 0.25) is 0 Å². The maximum Gasteiger partial charge on any atom is 0.265 e. The lowest BCUT2D eigenvalue weighted by Gasteiger charge is -2.25. The van der Waals surface area contributed by atoms with Gasteiger partial charge in [-0.1, -0.05) is 11.3 Å². The fourth-order valence-electron chi connectivity index (χ4n) is 1.76. The van der Waals surface area contributed by atoms with Crippen molar-refractivity contribution in [1.82, 2.24) is 10.3 Å². The Labute approximate surface area is 124 Å². The Morgan fingerprint density at radius 3 is 2.90 bits per heavy atom. The van der Waals surface area contributed by atoms with E-state index in [2.05, 4.69) is 15.2 Å². The molecule has 1 fully saturated rings. The highest BCUT2D eigenvalue weighted by Gasteiger charge is 2.20. The van der Waals surface area contributed by atoms with Crippen LogP contribution < -0.4 is 16.0 Å². The van der Waals surface area contributed by atoms with Gasteiger partial charge in [-0.25, -0.2) is 4.98 Å². The summed E-state index contributed by atoms with van der Waals surface area (Å²) in [7, 11) is -0.923. The Bertz CT molecular complexity index is 500. The number of hydrogen-bond acceptors (Lipinski definition) is 7. The van der Waals surface area contributed by atoms with Gasteiger partial charge >= 0.3 is 0 Å². The van der Waals surface area contributed by atoms with E-state index in [0.717, 1.165) is 18.2 Å². The van der Waals surface area contributed by atoms with Crippen LogP contribution in [0.15, 0.2) is 0 Å². The first kappa shape index (κ1) is 15.2. The minimum atomic E-state index is -0.923. The smallest absolute Gasteiger partial charge is 0.265 e. The number of nitrogens with zero attached hydrogens (tertiary/aromatic N) is 2. The summed E-state index contributed by atoms with van der Waals surface area (Å²) in [5.74, 6) is 0.414. The molecule has 1 aromatic rings. The van der Waals surface area contributed by atoms with Gasteiger partial charge < -0.3 is 20.7 Å². The van der Waals surface area contributed by atoms with Crippen molar-refractivity contribution in [3.63, 3.8) is 0 Å². The molecule has 1 amide bonds. The Morgan fingerprint density at radius 2 is 2.25 bits per heavy atom. The van der Waals surface area contributed by atoms with Gasteiger partial charge in [0, 0.05) is 42.4 Å². The lowest BCUT2D eigenvalue weighted by molar-refractivity contribution is 0.0961. The maximum atomic E-state index is 12.0. The third-order valence-corrected chi connectivity index (χ3v) is 4.71. The van der Waals surface area contributed by atoms with Crippen LogP contribution in [0, 0.1) is 0 Å². The monoisotopic (exact) mass is 318 g/mol. The number of hydrogen-bond donors (Lipinski definition) is 2. The van der Waals surface area contributed by atoms with Gasteiger partial charge in [-0.2, -0.15) is 0 Å². The van der Waals surface area contributed by atoms with Crippen LogP contribution in [0.2, 0.25) is 0 Å². The second kappa shape index (κ2) is 7.00. The summed E-state index contributed by atoms with van der Waals surface area (Å²) in [6.45, 7) is 3.19. The van der Waals surface area contributed by atoms with Crippen molar-refractivity contribution < 1.29 is 13.7 Å². The zero-order chi connectivity index (χ0) is 14.5. The number of rotatable bonds is 5. The number of aromatic nitrogens is 1. The number of nitrogens with two attached hydrogens (primary N) is 1. The number of carbonyl (C=O) groups excluding carboxylic acids is 1. The number of carbonyl (C=O) groups is 1. The number of nitrogens with one attached hydrogen (secondary N) is 1. The molecule has 0 aliphatic carbocycles. The van der Waals surface area contributed by atoms with Crippen LogP contribution in [-0.4, -0.2) is 60.0 Å². The highest BCUT2D eigenvalue weighted by atomic mass is 32.2. The zero-order valence-corrected chi connectivity index (χ0v) is 12.9. The predicted octanol–water partition coefficient (Wildman–Crippen LogP) is -0.330. The van der Waals surface area contributed by atoms with Crippen molar-refractivity contribution in [2.75, 3.05) is 55.5 Å². The van der Waals surface area contributed by atoms with E-state index in [1.165, 1.54) is 11.3 Å². The molecule has 3 N–H and O–H groups in total. The first-order valence-corrected chi connectivity index (χ1v) is 8.79. The van der Waals surface area contributed by atoms with Crippen LogP contribution in [0.1, 0.15) is 9.67 Å². The van der Waals surface area contributed by atoms with E-state index in [-0.39, 0.29) is 11.7 Å². The molecule has 2 rings (SSSR count). The quantitative estimate of drug-likeness (QED) is 0.771. The number of nitrogen functional groups attached to an aromatic ring is 1. The molecule has 1 aliphatic heterocycles. The molecule has 9 heteroatoms. The average molecular weight is 318 g/mol. The molecule has 7 nitrogen and oxygen atoms in total. The third kappa shape index (κ3) is 3.90. The molecule has 1 saturated heterocycles. The SMILES string of the molecule is CS(=O)CCNC(=O)c1sc(N2CCOCC2)nc1N. The molecule has 112 valence electrons. The summed E-state index contributed by atoms with van der Waals surface area (Å²) >= 11 is 1.28. The van der Waals surface area contributed by atoms with Crippen LogP contribution >= 0.6 is 11.3 Å². The van der Waals surface area contributed by atoms with E-state index in [0.29, 0.717) is 30.4 Å². The van der Waals surface area contributed by atoms with E-state index >= 15 is 0 Å². The van der Waals surface area contributed by atoms with E-state index in [1.807, 2.05) is 0 Å². The molecule has 1 atom stereocenters.